The molecular formula is C22H25NO4. The molecule has 0 saturated carbocycles. The number of amides is 1. The Balaban J connectivity index is 1.78. The van der Waals surface area contributed by atoms with Crippen molar-refractivity contribution in [3.8, 4) is 0 Å². The van der Waals surface area contributed by atoms with Crippen LogP contribution in [0.3, 0.4) is 0 Å². The second-order valence-corrected chi connectivity index (χ2v) is 7.69. The molecule has 3 rings (SSSR count). The summed E-state index contributed by atoms with van der Waals surface area (Å²) in [5, 5.41) is 0. The van der Waals surface area contributed by atoms with Gasteiger partial charge >= 0.3 is 12.1 Å². The van der Waals surface area contributed by atoms with Gasteiger partial charge in [0, 0.05) is 6.42 Å². The Morgan fingerprint density at radius 1 is 1.00 bits per heavy atom. The van der Waals surface area contributed by atoms with Crippen LogP contribution in [0.2, 0.25) is 0 Å². The Hall–Kier alpha value is -2.82. The van der Waals surface area contributed by atoms with Gasteiger partial charge in [-0.3, -0.25) is 4.90 Å². The second kappa shape index (κ2) is 7.82. The fourth-order valence-electron chi connectivity index (χ4n) is 3.10. The Bertz CT molecular complexity index is 811. The maximum Gasteiger partial charge on any atom is 0.411 e. The number of hydrogen-bond acceptors (Lipinski definition) is 4. The molecule has 1 heterocycles. The highest BCUT2D eigenvalue weighted by molar-refractivity contribution is 5.82. The number of rotatable bonds is 3. The van der Waals surface area contributed by atoms with Crippen LogP contribution in [0.5, 0.6) is 0 Å². The van der Waals surface area contributed by atoms with Gasteiger partial charge in [0.1, 0.15) is 18.2 Å². The average Bonchev–Trinajstić information content (AvgIpc) is 2.64. The van der Waals surface area contributed by atoms with E-state index in [0.29, 0.717) is 13.0 Å². The number of ether oxygens (including phenoxy) is 2. The van der Waals surface area contributed by atoms with E-state index in [1.807, 2.05) is 75.4 Å². The van der Waals surface area contributed by atoms with Crippen LogP contribution in [-0.4, -0.2) is 28.6 Å². The molecule has 0 fully saturated rings. The molecule has 0 aromatic heterocycles. The van der Waals surface area contributed by atoms with Crippen molar-refractivity contribution in [2.45, 2.75) is 52.0 Å². The summed E-state index contributed by atoms with van der Waals surface area (Å²) in [6.07, 6.45) is -0.0878. The summed E-state index contributed by atoms with van der Waals surface area (Å²) in [4.78, 5) is 27.0. The summed E-state index contributed by atoms with van der Waals surface area (Å²) in [5.74, 6) is -0.409. The van der Waals surface area contributed by atoms with E-state index in [9.17, 15) is 9.59 Å². The van der Waals surface area contributed by atoms with Crippen molar-refractivity contribution in [1.29, 1.82) is 0 Å². The average molecular weight is 367 g/mol. The van der Waals surface area contributed by atoms with E-state index in [-0.39, 0.29) is 6.61 Å². The number of nitrogens with zero attached hydrogens (tertiary/aromatic N) is 1. The van der Waals surface area contributed by atoms with Gasteiger partial charge in [0.2, 0.25) is 0 Å². The summed E-state index contributed by atoms with van der Waals surface area (Å²) in [6, 6.07) is 16.6. The van der Waals surface area contributed by atoms with Gasteiger partial charge < -0.3 is 9.47 Å². The lowest BCUT2D eigenvalue weighted by Crippen LogP contribution is -2.50. The highest BCUT2D eigenvalue weighted by atomic mass is 16.6. The zero-order chi connectivity index (χ0) is 19.4. The third kappa shape index (κ3) is 4.88. The Kier molecular flexibility index (Phi) is 5.49. The van der Waals surface area contributed by atoms with Gasteiger partial charge in [0.25, 0.3) is 0 Å². The first-order chi connectivity index (χ1) is 12.8. The number of benzene rings is 2. The molecule has 0 bridgehead atoms. The quantitative estimate of drug-likeness (QED) is 0.767. The SMILES string of the molecule is CC(C)(C)OC(=O)C1Cc2ccccc2CN1C(=O)OCc1ccccc1. The van der Waals surface area contributed by atoms with Crippen molar-refractivity contribution >= 4 is 12.1 Å². The van der Waals surface area contributed by atoms with Gasteiger partial charge in [-0.25, -0.2) is 9.59 Å². The van der Waals surface area contributed by atoms with E-state index < -0.39 is 23.7 Å². The molecule has 5 nitrogen and oxygen atoms in total. The van der Waals surface area contributed by atoms with Crippen LogP contribution in [-0.2, 0) is 33.8 Å². The zero-order valence-electron chi connectivity index (χ0n) is 16.0. The zero-order valence-corrected chi connectivity index (χ0v) is 16.0. The topological polar surface area (TPSA) is 55.8 Å². The lowest BCUT2D eigenvalue weighted by molar-refractivity contribution is -0.161. The number of hydrogen-bond donors (Lipinski definition) is 0. The molecule has 0 saturated heterocycles. The first kappa shape index (κ1) is 19.0. The standard InChI is InChI=1S/C22H25NO4/c1-22(2,3)27-20(24)19-13-17-11-7-8-12-18(17)14-23(19)21(25)26-15-16-9-5-4-6-10-16/h4-12,19H,13-15H2,1-3H3. The lowest BCUT2D eigenvalue weighted by Gasteiger charge is -2.36. The maximum absolute atomic E-state index is 12.8. The van der Waals surface area contributed by atoms with Crippen molar-refractivity contribution in [3.05, 3.63) is 71.3 Å². The first-order valence-corrected chi connectivity index (χ1v) is 9.10. The molecule has 1 aliphatic heterocycles. The number of esters is 1. The minimum absolute atomic E-state index is 0.166. The van der Waals surface area contributed by atoms with E-state index in [4.69, 9.17) is 9.47 Å². The molecule has 142 valence electrons. The van der Waals surface area contributed by atoms with Crippen molar-refractivity contribution in [3.63, 3.8) is 0 Å². The van der Waals surface area contributed by atoms with E-state index >= 15 is 0 Å². The molecule has 5 heteroatoms. The minimum Gasteiger partial charge on any atom is -0.458 e. The third-order valence-corrected chi connectivity index (χ3v) is 4.37. The van der Waals surface area contributed by atoms with Crippen LogP contribution < -0.4 is 0 Å². The first-order valence-electron chi connectivity index (χ1n) is 9.10. The fraction of sp³-hybridized carbons (Fsp3) is 0.364. The van der Waals surface area contributed by atoms with Crippen LogP contribution in [0.25, 0.3) is 0 Å². The van der Waals surface area contributed by atoms with E-state index in [0.717, 1.165) is 16.7 Å². The van der Waals surface area contributed by atoms with Crippen LogP contribution in [0.1, 0.15) is 37.5 Å². The number of carbonyl (C=O) groups is 2. The molecule has 0 N–H and O–H groups in total. The summed E-state index contributed by atoms with van der Waals surface area (Å²) in [6.45, 7) is 5.95. The summed E-state index contributed by atoms with van der Waals surface area (Å²) in [7, 11) is 0. The van der Waals surface area contributed by atoms with Crippen molar-refractivity contribution < 1.29 is 19.1 Å². The molecule has 1 atom stereocenters. The predicted octanol–water partition coefficient (Wildman–Crippen LogP) is 4.09. The molecule has 1 amide bonds. The van der Waals surface area contributed by atoms with Crippen LogP contribution in [0, 0.1) is 0 Å². The molecule has 1 aliphatic rings. The molecule has 27 heavy (non-hydrogen) atoms. The monoisotopic (exact) mass is 367 g/mol. The Morgan fingerprint density at radius 3 is 2.30 bits per heavy atom. The lowest BCUT2D eigenvalue weighted by atomic mass is 9.94. The van der Waals surface area contributed by atoms with Gasteiger partial charge in [-0.05, 0) is 37.5 Å². The summed E-state index contributed by atoms with van der Waals surface area (Å²) >= 11 is 0. The highest BCUT2D eigenvalue weighted by Gasteiger charge is 2.38. The van der Waals surface area contributed by atoms with Crippen molar-refractivity contribution in [2.75, 3.05) is 0 Å². The largest absolute Gasteiger partial charge is 0.458 e. The molecule has 2 aromatic carbocycles. The highest BCUT2D eigenvalue weighted by Crippen LogP contribution is 2.26. The second-order valence-electron chi connectivity index (χ2n) is 7.69. The third-order valence-electron chi connectivity index (χ3n) is 4.37. The normalized spacial score (nSPS) is 16.4. The summed E-state index contributed by atoms with van der Waals surface area (Å²) in [5.41, 5.74) is 2.36. The van der Waals surface area contributed by atoms with Gasteiger partial charge in [-0.15, -0.1) is 0 Å². The van der Waals surface area contributed by atoms with Crippen LogP contribution in [0.15, 0.2) is 54.6 Å². The summed E-state index contributed by atoms with van der Waals surface area (Å²) < 4.78 is 11.0. The minimum atomic E-state index is -0.692. The molecule has 1 unspecified atom stereocenters. The fourth-order valence-corrected chi connectivity index (χ4v) is 3.10. The molecule has 0 spiro atoms. The van der Waals surface area contributed by atoms with Crippen molar-refractivity contribution in [1.82, 2.24) is 4.90 Å². The van der Waals surface area contributed by atoms with Crippen LogP contribution >= 0.6 is 0 Å². The molecular weight excluding hydrogens is 342 g/mol. The molecule has 2 aromatic rings. The Morgan fingerprint density at radius 2 is 1.63 bits per heavy atom. The van der Waals surface area contributed by atoms with Crippen molar-refractivity contribution in [2.24, 2.45) is 0 Å². The smallest absolute Gasteiger partial charge is 0.411 e. The predicted molar refractivity (Wildman–Crippen MR) is 102 cm³/mol. The van der Waals surface area contributed by atoms with E-state index in [2.05, 4.69) is 0 Å². The van der Waals surface area contributed by atoms with Gasteiger partial charge in [-0.2, -0.15) is 0 Å². The maximum atomic E-state index is 12.8. The van der Waals surface area contributed by atoms with E-state index in [1.165, 1.54) is 4.90 Å². The molecule has 0 radical (unpaired) electrons. The Labute approximate surface area is 159 Å². The number of carbonyl (C=O) groups excluding carboxylic acids is 2. The number of fused-ring (bicyclic) bond motifs is 1. The van der Waals surface area contributed by atoms with Crippen LogP contribution in [0.4, 0.5) is 4.79 Å². The molecule has 0 aliphatic carbocycles. The van der Waals surface area contributed by atoms with Gasteiger partial charge in [-0.1, -0.05) is 54.6 Å². The van der Waals surface area contributed by atoms with Gasteiger partial charge in [0.05, 0.1) is 6.54 Å². The van der Waals surface area contributed by atoms with Gasteiger partial charge in [0.15, 0.2) is 0 Å². The van der Waals surface area contributed by atoms with E-state index in [1.54, 1.807) is 0 Å².